The van der Waals surface area contributed by atoms with Gasteiger partial charge in [-0.1, -0.05) is 0 Å². The van der Waals surface area contributed by atoms with Crippen LogP contribution in [0.3, 0.4) is 0 Å². The van der Waals surface area contributed by atoms with Crippen molar-refractivity contribution in [2.75, 3.05) is 13.7 Å². The van der Waals surface area contributed by atoms with Gasteiger partial charge in [-0.05, 0) is 28.8 Å². The number of nitrogens with one attached hydrogen (secondary N) is 1. The van der Waals surface area contributed by atoms with Gasteiger partial charge in [-0.15, -0.1) is 0 Å². The second-order valence-corrected chi connectivity index (χ2v) is 4.56. The summed E-state index contributed by atoms with van der Waals surface area (Å²) in [5, 5.41) is 11.0. The molecule has 0 aromatic heterocycles. The van der Waals surface area contributed by atoms with Gasteiger partial charge in [0.1, 0.15) is 6.23 Å². The molecule has 1 fully saturated rings. The summed E-state index contributed by atoms with van der Waals surface area (Å²) in [5.74, 6) is -0.511. The number of nitrogens with zero attached hydrogens (tertiary/aromatic N) is 1. The number of hydrogen-bond donors (Lipinski definition) is 2. The van der Waals surface area contributed by atoms with Crippen molar-refractivity contribution in [1.82, 2.24) is 10.2 Å². The molecule has 0 radical (unpaired) electrons. The quantitative estimate of drug-likeness (QED) is 0.549. The molecule has 1 rings (SSSR count). The van der Waals surface area contributed by atoms with Gasteiger partial charge in [0.05, 0.1) is 17.2 Å². The van der Waals surface area contributed by atoms with Crippen LogP contribution in [0.4, 0.5) is 0 Å². The highest BCUT2D eigenvalue weighted by atomic mass is 79.9. The maximum atomic E-state index is 11.2. The van der Waals surface area contributed by atoms with Gasteiger partial charge < -0.3 is 14.7 Å². The lowest BCUT2D eigenvalue weighted by Crippen LogP contribution is -2.29. The van der Waals surface area contributed by atoms with E-state index in [9.17, 15) is 9.59 Å². The van der Waals surface area contributed by atoms with Crippen LogP contribution < -0.4 is 5.32 Å². The van der Waals surface area contributed by atoms with Crippen LogP contribution in [-0.4, -0.2) is 48.3 Å². The van der Waals surface area contributed by atoms with Gasteiger partial charge in [-0.2, -0.15) is 0 Å². The van der Waals surface area contributed by atoms with Crippen molar-refractivity contribution in [2.45, 2.75) is 25.2 Å². The number of carbonyl (C=O) groups excluding carboxylic acids is 2. The Labute approximate surface area is 108 Å². The highest BCUT2D eigenvalue weighted by Gasteiger charge is 2.26. The molecule has 6 nitrogen and oxygen atoms in total. The molecule has 1 aliphatic heterocycles. The summed E-state index contributed by atoms with van der Waals surface area (Å²) >= 11 is 3.07. The van der Waals surface area contributed by atoms with Gasteiger partial charge in [-0.25, -0.2) is 0 Å². The zero-order chi connectivity index (χ0) is 12.8. The third kappa shape index (κ3) is 4.10. The molecule has 0 aliphatic carbocycles. The largest absolute Gasteiger partial charge is 0.394 e. The molecule has 2 N–H and O–H groups in total. The number of amides is 2. The number of aliphatic hydroxyl groups is 1. The van der Waals surface area contributed by atoms with Crippen molar-refractivity contribution in [2.24, 2.45) is 0 Å². The molecule has 0 bridgehead atoms. The predicted octanol–water partition coefficient (Wildman–Crippen LogP) is -0.0755. The van der Waals surface area contributed by atoms with Crippen LogP contribution in [0.5, 0.6) is 0 Å². The normalized spacial score (nSPS) is 24.5. The van der Waals surface area contributed by atoms with E-state index in [1.807, 2.05) is 5.32 Å². The molecule has 2 unspecified atom stereocenters. The lowest BCUT2D eigenvalue weighted by molar-refractivity contribution is -0.122. The molecule has 0 aromatic carbocycles. The molecule has 1 saturated heterocycles. The van der Waals surface area contributed by atoms with Gasteiger partial charge in [0.15, 0.2) is 0 Å². The Kier molecular flexibility index (Phi) is 5.60. The Morgan fingerprint density at radius 3 is 2.88 bits per heavy atom. The van der Waals surface area contributed by atoms with E-state index < -0.39 is 5.91 Å². The van der Waals surface area contributed by atoms with E-state index in [0.717, 1.165) is 12.8 Å². The molecular weight excluding hydrogens is 292 g/mol. The van der Waals surface area contributed by atoms with Gasteiger partial charge in [0.2, 0.25) is 6.41 Å². The molecule has 0 aromatic rings. The number of aliphatic hydroxyl groups excluding tert-OH is 1. The molecule has 96 valence electrons. The summed E-state index contributed by atoms with van der Waals surface area (Å²) in [6.07, 6.45) is 3.14. The monoisotopic (exact) mass is 306 g/mol. The van der Waals surface area contributed by atoms with Crippen LogP contribution >= 0.6 is 15.9 Å². The minimum atomic E-state index is -0.511. The summed E-state index contributed by atoms with van der Waals surface area (Å²) in [4.78, 5) is 23.1. The first-order valence-corrected chi connectivity index (χ1v) is 5.98. The van der Waals surface area contributed by atoms with E-state index in [-0.39, 0.29) is 23.4 Å². The highest BCUT2D eigenvalue weighted by Crippen LogP contribution is 2.22. The summed E-state index contributed by atoms with van der Waals surface area (Å²) in [5.41, 5.74) is 0. The number of ether oxygens (including phenoxy) is 1. The van der Waals surface area contributed by atoms with Gasteiger partial charge in [-0.3, -0.25) is 14.9 Å². The first-order valence-electron chi connectivity index (χ1n) is 5.18. The molecule has 0 spiro atoms. The summed E-state index contributed by atoms with van der Waals surface area (Å²) in [6, 6.07) is 0. The van der Waals surface area contributed by atoms with Crippen molar-refractivity contribution < 1.29 is 19.4 Å². The Hall–Kier alpha value is -0.920. The minimum Gasteiger partial charge on any atom is -0.394 e. The van der Waals surface area contributed by atoms with E-state index in [1.54, 1.807) is 18.1 Å². The SMILES string of the molecule is CN(/C=C(/Br)C(=O)NC=O)C1CCC(CO)O1. The van der Waals surface area contributed by atoms with E-state index in [4.69, 9.17) is 9.84 Å². The number of carbonyl (C=O) groups is 2. The van der Waals surface area contributed by atoms with Gasteiger partial charge >= 0.3 is 0 Å². The maximum Gasteiger partial charge on any atom is 0.266 e. The number of halogens is 1. The van der Waals surface area contributed by atoms with E-state index in [0.29, 0.717) is 6.41 Å². The maximum absolute atomic E-state index is 11.2. The van der Waals surface area contributed by atoms with Crippen molar-refractivity contribution in [3.05, 3.63) is 10.7 Å². The molecule has 1 heterocycles. The lowest BCUT2D eigenvalue weighted by atomic mass is 10.2. The predicted molar refractivity (Wildman–Crippen MR) is 64.0 cm³/mol. The smallest absolute Gasteiger partial charge is 0.266 e. The fourth-order valence-electron chi connectivity index (χ4n) is 1.56. The van der Waals surface area contributed by atoms with Crippen LogP contribution in [-0.2, 0) is 14.3 Å². The second-order valence-electron chi connectivity index (χ2n) is 3.71. The van der Waals surface area contributed by atoms with Crippen molar-refractivity contribution >= 4 is 28.2 Å². The highest BCUT2D eigenvalue weighted by molar-refractivity contribution is 9.12. The number of rotatable bonds is 5. The zero-order valence-electron chi connectivity index (χ0n) is 9.43. The van der Waals surface area contributed by atoms with E-state index in [1.165, 1.54) is 0 Å². The first kappa shape index (κ1) is 14.1. The molecule has 2 amide bonds. The Morgan fingerprint density at radius 2 is 2.35 bits per heavy atom. The molecular formula is C10H15BrN2O4. The third-order valence-corrected chi connectivity index (χ3v) is 3.03. The van der Waals surface area contributed by atoms with Gasteiger partial charge in [0, 0.05) is 13.2 Å². The first-order chi connectivity index (χ1) is 8.08. The van der Waals surface area contributed by atoms with Crippen LogP contribution in [0.15, 0.2) is 10.7 Å². The fourth-order valence-corrected chi connectivity index (χ4v) is 2.00. The Balaban J connectivity index is 2.53. The average molecular weight is 307 g/mol. The molecule has 2 atom stereocenters. The summed E-state index contributed by atoms with van der Waals surface area (Å²) in [6.45, 7) is 0.000845. The zero-order valence-corrected chi connectivity index (χ0v) is 11.0. The lowest BCUT2D eigenvalue weighted by Gasteiger charge is -2.23. The van der Waals surface area contributed by atoms with Gasteiger partial charge in [0.25, 0.3) is 5.91 Å². The average Bonchev–Trinajstić information content (AvgIpc) is 2.77. The fraction of sp³-hybridized carbons (Fsp3) is 0.600. The molecule has 1 aliphatic rings. The third-order valence-electron chi connectivity index (χ3n) is 2.47. The second kappa shape index (κ2) is 6.73. The summed E-state index contributed by atoms with van der Waals surface area (Å²) in [7, 11) is 1.76. The van der Waals surface area contributed by atoms with E-state index >= 15 is 0 Å². The van der Waals surface area contributed by atoms with Crippen molar-refractivity contribution in [1.29, 1.82) is 0 Å². The molecule has 7 heteroatoms. The van der Waals surface area contributed by atoms with E-state index in [2.05, 4.69) is 15.9 Å². The topological polar surface area (TPSA) is 78.9 Å². The molecule has 17 heavy (non-hydrogen) atoms. The van der Waals surface area contributed by atoms with Crippen molar-refractivity contribution in [3.63, 3.8) is 0 Å². The van der Waals surface area contributed by atoms with Crippen LogP contribution in [0.25, 0.3) is 0 Å². The molecule has 0 saturated carbocycles. The van der Waals surface area contributed by atoms with Crippen LogP contribution in [0.2, 0.25) is 0 Å². The Morgan fingerprint density at radius 1 is 1.65 bits per heavy atom. The Bertz CT molecular complexity index is 321. The standard InChI is InChI=1S/C10H15BrN2O4/c1-13(4-8(11)10(16)12-6-15)9-3-2-7(5-14)17-9/h4,6-7,9,14H,2-3,5H2,1H3,(H,12,15,16)/b8-4+. The minimum absolute atomic E-state index is 0.000845. The van der Waals surface area contributed by atoms with Crippen LogP contribution in [0.1, 0.15) is 12.8 Å². The summed E-state index contributed by atoms with van der Waals surface area (Å²) < 4.78 is 5.76. The van der Waals surface area contributed by atoms with Crippen molar-refractivity contribution in [3.8, 4) is 0 Å². The number of hydrogen-bond acceptors (Lipinski definition) is 5. The number of imide groups is 1. The van der Waals surface area contributed by atoms with Crippen LogP contribution in [0, 0.1) is 0 Å².